The predicted octanol–water partition coefficient (Wildman–Crippen LogP) is 4.56. The van der Waals surface area contributed by atoms with Crippen molar-refractivity contribution in [3.8, 4) is 11.5 Å². The number of nitrogens with zero attached hydrogens (tertiary/aromatic N) is 2. The van der Waals surface area contributed by atoms with Crippen molar-refractivity contribution < 1.29 is 19.1 Å². The fourth-order valence-corrected chi connectivity index (χ4v) is 3.28. The van der Waals surface area contributed by atoms with E-state index >= 15 is 0 Å². The third-order valence-corrected chi connectivity index (χ3v) is 4.87. The van der Waals surface area contributed by atoms with Gasteiger partial charge in [0.05, 0.1) is 10.6 Å². The Morgan fingerprint density at radius 3 is 2.61 bits per heavy atom. The lowest BCUT2D eigenvalue weighted by Crippen LogP contribution is -2.38. The molecule has 2 aromatic rings. The largest absolute Gasteiger partial charge is 0.490 e. The zero-order chi connectivity index (χ0) is 22.0. The molecule has 2 aromatic carbocycles. The molecule has 158 valence electrons. The van der Waals surface area contributed by atoms with Gasteiger partial charge in [-0.3, -0.25) is 10.2 Å². The number of benzene rings is 2. The minimum absolute atomic E-state index is 0.0761. The van der Waals surface area contributed by atoms with Crippen molar-refractivity contribution in [3.05, 3.63) is 76.0 Å². The Morgan fingerprint density at radius 2 is 1.87 bits per heavy atom. The average molecular weight is 438 g/mol. The Hall–Kier alpha value is -3.58. The third-order valence-electron chi connectivity index (χ3n) is 4.58. The lowest BCUT2D eigenvalue weighted by molar-refractivity contribution is -0.114. The second kappa shape index (κ2) is 8.65. The number of aryl methyl sites for hydroxylation is 1. The zero-order valence-electron chi connectivity index (χ0n) is 17.0. The molecular formula is C23H20ClN3O4. The smallest absolute Gasteiger partial charge is 0.282 e. The second-order valence-electron chi connectivity index (χ2n) is 7.02. The van der Waals surface area contributed by atoms with E-state index < -0.39 is 5.91 Å². The van der Waals surface area contributed by atoms with Crippen LogP contribution in [0.2, 0.25) is 5.02 Å². The van der Waals surface area contributed by atoms with E-state index in [0.717, 1.165) is 5.75 Å². The van der Waals surface area contributed by atoms with Crippen LogP contribution in [-0.4, -0.2) is 35.9 Å². The second-order valence-corrected chi connectivity index (χ2v) is 7.43. The molecule has 0 radical (unpaired) electrons. The summed E-state index contributed by atoms with van der Waals surface area (Å²) in [6.07, 6.45) is 3.16. The number of carbonyl (C=O) groups is 1. The van der Waals surface area contributed by atoms with Crippen molar-refractivity contribution in [3.63, 3.8) is 0 Å². The van der Waals surface area contributed by atoms with E-state index in [1.165, 1.54) is 10.6 Å². The molecule has 0 spiro atoms. The van der Waals surface area contributed by atoms with E-state index in [-0.39, 0.29) is 11.4 Å². The molecule has 1 N–H and O–H groups in total. The normalized spacial score (nSPS) is 16.6. The maximum Gasteiger partial charge on any atom is 0.282 e. The molecule has 0 unspecified atom stereocenters. The molecule has 7 nitrogen and oxygen atoms in total. The summed E-state index contributed by atoms with van der Waals surface area (Å²) in [6.45, 7) is 4.45. The number of carbonyl (C=O) groups excluding carboxylic acids is 1. The number of aliphatic imine (C=N–C) groups is 1. The monoisotopic (exact) mass is 437 g/mol. The molecule has 0 aromatic heterocycles. The SMILES string of the molecule is CC1=CC2=NC(=O)/C(=C/c3ccc(OCCOc4ccc(C)cc4)c(Cl)c3)C(=N)N2O1. The first-order chi connectivity index (χ1) is 14.9. The van der Waals surface area contributed by atoms with Crippen LogP contribution in [-0.2, 0) is 9.63 Å². The molecule has 0 fully saturated rings. The maximum absolute atomic E-state index is 12.3. The zero-order valence-corrected chi connectivity index (χ0v) is 17.8. The quantitative estimate of drug-likeness (QED) is 0.529. The molecule has 0 saturated carbocycles. The fourth-order valence-electron chi connectivity index (χ4n) is 3.04. The van der Waals surface area contributed by atoms with E-state index in [0.29, 0.717) is 41.1 Å². The van der Waals surface area contributed by atoms with Crippen LogP contribution in [0.3, 0.4) is 0 Å². The summed E-state index contributed by atoms with van der Waals surface area (Å²) >= 11 is 6.34. The molecule has 8 heteroatoms. The van der Waals surface area contributed by atoms with Gasteiger partial charge in [-0.15, -0.1) is 5.06 Å². The highest BCUT2D eigenvalue weighted by Gasteiger charge is 2.34. The van der Waals surface area contributed by atoms with Crippen molar-refractivity contribution in [2.75, 3.05) is 13.2 Å². The molecule has 2 aliphatic rings. The maximum atomic E-state index is 12.3. The topological polar surface area (TPSA) is 84.2 Å². The minimum atomic E-state index is -0.504. The first-order valence-corrected chi connectivity index (χ1v) is 10.0. The first-order valence-electron chi connectivity index (χ1n) is 9.62. The fraction of sp³-hybridized carbons (Fsp3) is 0.174. The average Bonchev–Trinajstić information content (AvgIpc) is 3.11. The predicted molar refractivity (Wildman–Crippen MR) is 118 cm³/mol. The van der Waals surface area contributed by atoms with Crippen LogP contribution in [0.4, 0.5) is 0 Å². The highest BCUT2D eigenvalue weighted by molar-refractivity contribution is 6.33. The number of allylic oxidation sites excluding steroid dienone is 1. The summed E-state index contributed by atoms with van der Waals surface area (Å²) in [4.78, 5) is 21.7. The standard InChI is InChI=1S/C23H20ClN3O4/c1-14-3-6-17(7-4-14)29-9-10-30-20-8-5-16(13-19(20)24)12-18-22(25)27-21(26-23(18)28)11-15(2)31-27/h3-8,11-13,25H,9-10H2,1-2H3/b18-12+,25-22?. The number of hydrogen-bond donors (Lipinski definition) is 1. The van der Waals surface area contributed by atoms with Crippen LogP contribution in [0.15, 0.2) is 64.9 Å². The van der Waals surface area contributed by atoms with Gasteiger partial charge in [-0.1, -0.05) is 35.4 Å². The summed E-state index contributed by atoms with van der Waals surface area (Å²) in [5.74, 6) is 1.57. The van der Waals surface area contributed by atoms with Crippen molar-refractivity contribution in [1.82, 2.24) is 5.06 Å². The van der Waals surface area contributed by atoms with Gasteiger partial charge < -0.3 is 14.3 Å². The van der Waals surface area contributed by atoms with Crippen LogP contribution < -0.4 is 9.47 Å². The van der Waals surface area contributed by atoms with Gasteiger partial charge in [0.25, 0.3) is 5.91 Å². The van der Waals surface area contributed by atoms with Crippen molar-refractivity contribution >= 4 is 35.3 Å². The van der Waals surface area contributed by atoms with Gasteiger partial charge in [-0.05, 0) is 49.8 Å². The number of nitrogens with one attached hydrogen (secondary N) is 1. The molecule has 2 aliphatic heterocycles. The van der Waals surface area contributed by atoms with Crippen molar-refractivity contribution in [2.24, 2.45) is 4.99 Å². The Kier molecular flexibility index (Phi) is 5.77. The van der Waals surface area contributed by atoms with Crippen LogP contribution in [0.5, 0.6) is 11.5 Å². The Morgan fingerprint density at radius 1 is 1.13 bits per heavy atom. The van der Waals surface area contributed by atoms with Crippen LogP contribution in [0.1, 0.15) is 18.1 Å². The number of amidine groups is 2. The molecule has 31 heavy (non-hydrogen) atoms. The first kappa shape index (κ1) is 20.7. The molecule has 0 atom stereocenters. The Balaban J connectivity index is 1.39. The highest BCUT2D eigenvalue weighted by Crippen LogP contribution is 2.28. The van der Waals surface area contributed by atoms with E-state index in [1.54, 1.807) is 37.3 Å². The molecule has 0 bridgehead atoms. The van der Waals surface area contributed by atoms with Gasteiger partial charge in [-0.2, -0.15) is 4.99 Å². The van der Waals surface area contributed by atoms with Crippen LogP contribution in [0, 0.1) is 12.3 Å². The number of rotatable bonds is 6. The number of hydroxylamine groups is 2. The van der Waals surface area contributed by atoms with Gasteiger partial charge in [0.1, 0.15) is 30.5 Å². The summed E-state index contributed by atoms with van der Waals surface area (Å²) < 4.78 is 11.3. The van der Waals surface area contributed by atoms with E-state index in [1.807, 2.05) is 31.2 Å². The summed E-state index contributed by atoms with van der Waals surface area (Å²) in [5.41, 5.74) is 1.93. The summed E-state index contributed by atoms with van der Waals surface area (Å²) in [5, 5.41) is 9.87. The molecule has 4 rings (SSSR count). The Bertz CT molecular complexity index is 1140. The highest BCUT2D eigenvalue weighted by atomic mass is 35.5. The van der Waals surface area contributed by atoms with E-state index in [2.05, 4.69) is 4.99 Å². The number of ether oxygens (including phenoxy) is 2. The number of fused-ring (bicyclic) bond motifs is 1. The number of amides is 1. The van der Waals surface area contributed by atoms with Crippen molar-refractivity contribution in [2.45, 2.75) is 13.8 Å². The van der Waals surface area contributed by atoms with Crippen LogP contribution in [0.25, 0.3) is 6.08 Å². The molecule has 1 amide bonds. The lowest BCUT2D eigenvalue weighted by Gasteiger charge is -2.23. The summed E-state index contributed by atoms with van der Waals surface area (Å²) in [7, 11) is 0. The molecule has 0 saturated heterocycles. The van der Waals surface area contributed by atoms with Gasteiger partial charge in [0.15, 0.2) is 11.7 Å². The third kappa shape index (κ3) is 4.62. The molecule has 2 heterocycles. The van der Waals surface area contributed by atoms with Gasteiger partial charge >= 0.3 is 0 Å². The number of halogens is 1. The van der Waals surface area contributed by atoms with Crippen molar-refractivity contribution in [1.29, 1.82) is 5.41 Å². The minimum Gasteiger partial charge on any atom is -0.490 e. The van der Waals surface area contributed by atoms with E-state index in [4.69, 9.17) is 31.3 Å². The number of hydrogen-bond acceptors (Lipinski definition) is 5. The molecule has 0 aliphatic carbocycles. The van der Waals surface area contributed by atoms with E-state index in [9.17, 15) is 4.79 Å². The van der Waals surface area contributed by atoms with Gasteiger partial charge in [0, 0.05) is 6.08 Å². The molecular weight excluding hydrogens is 418 g/mol. The Labute approximate surface area is 184 Å². The van der Waals surface area contributed by atoms with Crippen LogP contribution >= 0.6 is 11.6 Å². The lowest BCUT2D eigenvalue weighted by atomic mass is 10.1. The summed E-state index contributed by atoms with van der Waals surface area (Å²) in [6, 6.07) is 12.9. The van der Waals surface area contributed by atoms with Gasteiger partial charge in [0.2, 0.25) is 0 Å². The van der Waals surface area contributed by atoms with Gasteiger partial charge in [-0.25, -0.2) is 0 Å².